The van der Waals surface area contributed by atoms with Crippen molar-refractivity contribution in [2.75, 3.05) is 6.61 Å². The van der Waals surface area contributed by atoms with Gasteiger partial charge in [0.15, 0.2) is 0 Å². The molecule has 1 unspecified atom stereocenters. The highest BCUT2D eigenvalue weighted by molar-refractivity contribution is 5.39. The summed E-state index contributed by atoms with van der Waals surface area (Å²) in [4.78, 5) is 0. The second-order valence-corrected chi connectivity index (χ2v) is 5.10. The summed E-state index contributed by atoms with van der Waals surface area (Å²) in [6, 6.07) is 6.70. The zero-order valence-electron chi connectivity index (χ0n) is 9.61. The average Bonchev–Trinajstić information content (AvgIpc) is 3.12. The molecule has 1 aliphatic carbocycles. The van der Waals surface area contributed by atoms with E-state index in [0.717, 1.165) is 37.5 Å². The van der Waals surface area contributed by atoms with Crippen LogP contribution in [0.2, 0.25) is 0 Å². The number of fused-ring (bicyclic) bond motifs is 1. The number of hydrogen-bond donors (Lipinski definition) is 1. The van der Waals surface area contributed by atoms with Crippen LogP contribution in [0.5, 0.6) is 5.75 Å². The molecule has 0 spiro atoms. The molecule has 86 valence electrons. The van der Waals surface area contributed by atoms with Gasteiger partial charge in [-0.05, 0) is 42.4 Å². The van der Waals surface area contributed by atoms with E-state index in [1.165, 1.54) is 24.0 Å². The Morgan fingerprint density at radius 2 is 2.25 bits per heavy atom. The molecule has 0 aromatic heterocycles. The Kier molecular flexibility index (Phi) is 2.60. The Labute approximate surface area is 96.8 Å². The van der Waals surface area contributed by atoms with Crippen LogP contribution in [0.1, 0.15) is 42.9 Å². The highest BCUT2D eigenvalue weighted by Gasteiger charge is 2.24. The lowest BCUT2D eigenvalue weighted by atomic mass is 9.97. The van der Waals surface area contributed by atoms with Gasteiger partial charge in [-0.25, -0.2) is 0 Å². The van der Waals surface area contributed by atoms with Crippen molar-refractivity contribution in [2.45, 2.75) is 38.1 Å². The zero-order chi connectivity index (χ0) is 11.0. The number of aryl methyl sites for hydroxylation is 1. The summed E-state index contributed by atoms with van der Waals surface area (Å²) in [5.41, 5.74) is 8.86. The van der Waals surface area contributed by atoms with Gasteiger partial charge in [-0.2, -0.15) is 0 Å². The molecule has 0 bridgehead atoms. The largest absolute Gasteiger partial charge is 0.493 e. The fourth-order valence-electron chi connectivity index (χ4n) is 2.46. The predicted molar refractivity (Wildman–Crippen MR) is 64.5 cm³/mol. The van der Waals surface area contributed by atoms with Gasteiger partial charge in [-0.3, -0.25) is 0 Å². The fraction of sp³-hybridized carbons (Fsp3) is 0.571. The molecule has 0 saturated heterocycles. The van der Waals surface area contributed by atoms with Gasteiger partial charge in [0.2, 0.25) is 0 Å². The SMILES string of the molecule is NC(CC1CC1)c1ccc2c(c1)CCCO2. The molecular weight excluding hydrogens is 198 g/mol. The minimum absolute atomic E-state index is 0.222. The molecule has 1 saturated carbocycles. The third kappa shape index (κ3) is 2.07. The highest BCUT2D eigenvalue weighted by atomic mass is 16.5. The van der Waals surface area contributed by atoms with Crippen LogP contribution in [-0.2, 0) is 6.42 Å². The molecule has 16 heavy (non-hydrogen) atoms. The van der Waals surface area contributed by atoms with Crippen LogP contribution in [0.4, 0.5) is 0 Å². The van der Waals surface area contributed by atoms with E-state index < -0.39 is 0 Å². The maximum absolute atomic E-state index is 6.23. The van der Waals surface area contributed by atoms with Crippen LogP contribution in [0.25, 0.3) is 0 Å². The summed E-state index contributed by atoms with van der Waals surface area (Å²) < 4.78 is 5.61. The minimum atomic E-state index is 0.222. The van der Waals surface area contributed by atoms with Crippen LogP contribution < -0.4 is 10.5 Å². The van der Waals surface area contributed by atoms with E-state index in [2.05, 4.69) is 18.2 Å². The van der Waals surface area contributed by atoms with Crippen molar-refractivity contribution in [1.29, 1.82) is 0 Å². The molecule has 1 aliphatic heterocycles. The van der Waals surface area contributed by atoms with Crippen molar-refractivity contribution in [2.24, 2.45) is 11.7 Å². The van der Waals surface area contributed by atoms with Crippen molar-refractivity contribution in [3.8, 4) is 5.75 Å². The summed E-state index contributed by atoms with van der Waals surface area (Å²) in [5.74, 6) is 1.95. The van der Waals surface area contributed by atoms with E-state index in [-0.39, 0.29) is 6.04 Å². The van der Waals surface area contributed by atoms with Crippen LogP contribution >= 0.6 is 0 Å². The van der Waals surface area contributed by atoms with Gasteiger partial charge in [0.25, 0.3) is 0 Å². The topological polar surface area (TPSA) is 35.2 Å². The molecule has 2 heteroatoms. The van der Waals surface area contributed by atoms with Gasteiger partial charge >= 0.3 is 0 Å². The van der Waals surface area contributed by atoms with Crippen molar-refractivity contribution in [1.82, 2.24) is 0 Å². The number of benzene rings is 1. The quantitative estimate of drug-likeness (QED) is 0.845. The average molecular weight is 217 g/mol. The molecule has 0 radical (unpaired) electrons. The molecule has 2 nitrogen and oxygen atoms in total. The first-order valence-corrected chi connectivity index (χ1v) is 6.34. The highest BCUT2D eigenvalue weighted by Crippen LogP contribution is 2.37. The van der Waals surface area contributed by atoms with Gasteiger partial charge in [0.05, 0.1) is 6.61 Å². The number of hydrogen-bond acceptors (Lipinski definition) is 2. The first-order valence-electron chi connectivity index (χ1n) is 6.34. The molecule has 1 heterocycles. The molecule has 2 N–H and O–H groups in total. The van der Waals surface area contributed by atoms with Crippen LogP contribution in [0.15, 0.2) is 18.2 Å². The maximum atomic E-state index is 6.23. The predicted octanol–water partition coefficient (Wildman–Crippen LogP) is 2.81. The second-order valence-electron chi connectivity index (χ2n) is 5.10. The Balaban J connectivity index is 1.78. The van der Waals surface area contributed by atoms with E-state index in [1.54, 1.807) is 0 Å². The van der Waals surface area contributed by atoms with E-state index in [4.69, 9.17) is 10.5 Å². The molecule has 1 aromatic carbocycles. The smallest absolute Gasteiger partial charge is 0.122 e. The summed E-state index contributed by atoms with van der Waals surface area (Å²) in [7, 11) is 0. The lowest BCUT2D eigenvalue weighted by molar-refractivity contribution is 0.288. The molecule has 0 amide bonds. The Morgan fingerprint density at radius 1 is 1.38 bits per heavy atom. The van der Waals surface area contributed by atoms with E-state index in [1.807, 2.05) is 0 Å². The molecule has 3 rings (SSSR count). The van der Waals surface area contributed by atoms with Gasteiger partial charge in [0, 0.05) is 6.04 Å². The molecule has 1 fully saturated rings. The van der Waals surface area contributed by atoms with E-state index >= 15 is 0 Å². The zero-order valence-corrected chi connectivity index (χ0v) is 9.61. The Bertz CT molecular complexity index is 384. The summed E-state index contributed by atoms with van der Waals surface area (Å²) in [5, 5.41) is 0. The lowest BCUT2D eigenvalue weighted by Gasteiger charge is -2.19. The van der Waals surface area contributed by atoms with Gasteiger partial charge in [0.1, 0.15) is 5.75 Å². The first-order chi connectivity index (χ1) is 7.83. The minimum Gasteiger partial charge on any atom is -0.493 e. The molecule has 2 aliphatic rings. The van der Waals surface area contributed by atoms with Crippen molar-refractivity contribution in [3.63, 3.8) is 0 Å². The molecular formula is C14H19NO. The van der Waals surface area contributed by atoms with Crippen molar-refractivity contribution < 1.29 is 4.74 Å². The normalized spacial score (nSPS) is 21.1. The van der Waals surface area contributed by atoms with E-state index in [9.17, 15) is 0 Å². The number of rotatable bonds is 3. The summed E-state index contributed by atoms with van der Waals surface area (Å²) >= 11 is 0. The standard InChI is InChI=1S/C14H19NO/c15-13(8-10-3-4-10)11-5-6-14-12(9-11)2-1-7-16-14/h5-6,9-10,13H,1-4,7-8,15H2. The van der Waals surface area contributed by atoms with Gasteiger partial charge < -0.3 is 10.5 Å². The third-order valence-corrected chi connectivity index (χ3v) is 3.64. The molecule has 1 atom stereocenters. The lowest BCUT2D eigenvalue weighted by Crippen LogP contribution is -2.13. The van der Waals surface area contributed by atoms with Crippen molar-refractivity contribution in [3.05, 3.63) is 29.3 Å². The maximum Gasteiger partial charge on any atom is 0.122 e. The Morgan fingerprint density at radius 3 is 3.06 bits per heavy atom. The summed E-state index contributed by atoms with van der Waals surface area (Å²) in [6.45, 7) is 0.862. The number of ether oxygens (including phenoxy) is 1. The van der Waals surface area contributed by atoms with Gasteiger partial charge in [-0.15, -0.1) is 0 Å². The van der Waals surface area contributed by atoms with Crippen LogP contribution in [0.3, 0.4) is 0 Å². The number of nitrogens with two attached hydrogens (primary N) is 1. The molecule has 1 aromatic rings. The second kappa shape index (κ2) is 4.10. The van der Waals surface area contributed by atoms with Gasteiger partial charge in [-0.1, -0.05) is 25.0 Å². The third-order valence-electron chi connectivity index (χ3n) is 3.64. The van der Waals surface area contributed by atoms with Crippen LogP contribution in [-0.4, -0.2) is 6.61 Å². The van der Waals surface area contributed by atoms with Crippen LogP contribution in [0, 0.1) is 5.92 Å². The fourth-order valence-corrected chi connectivity index (χ4v) is 2.46. The Hall–Kier alpha value is -1.02. The van der Waals surface area contributed by atoms with E-state index in [0.29, 0.717) is 0 Å². The monoisotopic (exact) mass is 217 g/mol. The first kappa shape index (κ1) is 10.2. The summed E-state index contributed by atoms with van der Waals surface area (Å²) in [6.07, 6.45) is 6.18. The van der Waals surface area contributed by atoms with Crippen molar-refractivity contribution >= 4 is 0 Å².